The molecule has 0 fully saturated rings. The highest BCUT2D eigenvalue weighted by molar-refractivity contribution is 9.10. The van der Waals surface area contributed by atoms with E-state index < -0.39 is 45.7 Å². The van der Waals surface area contributed by atoms with Crippen LogP contribution in [0.1, 0.15) is 17.2 Å². The minimum atomic E-state index is -4.88. The molecule has 2 aromatic rings. The number of rotatable bonds is 3. The molecule has 1 atom stereocenters. The van der Waals surface area contributed by atoms with Crippen molar-refractivity contribution in [1.29, 1.82) is 0 Å². The molecule has 10 heteroatoms. The fraction of sp³-hybridized carbons (Fsp3) is 0.143. The molecule has 0 aliphatic carbocycles. The Morgan fingerprint density at radius 2 is 1.92 bits per heavy atom. The van der Waals surface area contributed by atoms with Crippen LogP contribution in [0.25, 0.3) is 0 Å². The van der Waals surface area contributed by atoms with Gasteiger partial charge in [0.25, 0.3) is 5.56 Å². The molecule has 1 heterocycles. The lowest BCUT2D eigenvalue weighted by atomic mass is 10.1. The van der Waals surface area contributed by atoms with Crippen molar-refractivity contribution in [3.63, 3.8) is 0 Å². The lowest BCUT2D eigenvalue weighted by Crippen LogP contribution is -2.32. The van der Waals surface area contributed by atoms with Crippen molar-refractivity contribution >= 4 is 33.5 Å². The van der Waals surface area contributed by atoms with Crippen molar-refractivity contribution in [2.24, 2.45) is 0 Å². The summed E-state index contributed by atoms with van der Waals surface area (Å²) in [6.07, 6.45) is -4.26. The summed E-state index contributed by atoms with van der Waals surface area (Å²) in [6, 6.07) is 1.98. The van der Waals surface area contributed by atoms with E-state index in [1.807, 2.05) is 0 Å². The molecule has 24 heavy (non-hydrogen) atoms. The number of aromatic nitrogens is 1. The summed E-state index contributed by atoms with van der Waals surface area (Å²) in [5.41, 5.74) is -3.20. The maximum atomic E-state index is 14.0. The maximum absolute atomic E-state index is 14.0. The topological polar surface area (TPSA) is 59.3 Å². The van der Waals surface area contributed by atoms with E-state index >= 15 is 0 Å². The molecule has 0 saturated carbocycles. The molecule has 0 spiro atoms. The first-order chi connectivity index (χ1) is 11.0. The van der Waals surface area contributed by atoms with Crippen LogP contribution in [0.15, 0.2) is 39.7 Å². The zero-order chi connectivity index (χ0) is 18.2. The van der Waals surface area contributed by atoms with Crippen molar-refractivity contribution in [1.82, 2.24) is 4.57 Å². The van der Waals surface area contributed by atoms with Crippen LogP contribution in [0.2, 0.25) is 5.02 Å². The molecular weight excluding hydrogens is 422 g/mol. The molecule has 4 nitrogen and oxygen atoms in total. The van der Waals surface area contributed by atoms with Crippen LogP contribution in [0.4, 0.5) is 17.6 Å². The summed E-state index contributed by atoms with van der Waals surface area (Å²) < 4.78 is 53.0. The lowest BCUT2D eigenvalue weighted by molar-refractivity contribution is -0.139. The van der Waals surface area contributed by atoms with Crippen LogP contribution in [0, 0.1) is 5.82 Å². The number of benzene rings is 1. The Labute approximate surface area is 145 Å². The minimum absolute atomic E-state index is 0.330. The van der Waals surface area contributed by atoms with Crippen LogP contribution >= 0.6 is 27.5 Å². The number of aliphatic carboxylic acids is 1. The Bertz CT molecular complexity index is 866. The molecule has 128 valence electrons. The van der Waals surface area contributed by atoms with Crippen molar-refractivity contribution in [2.45, 2.75) is 12.2 Å². The third kappa shape index (κ3) is 3.46. The van der Waals surface area contributed by atoms with Gasteiger partial charge < -0.3 is 5.11 Å². The van der Waals surface area contributed by atoms with E-state index in [9.17, 15) is 32.3 Å². The smallest absolute Gasteiger partial charge is 0.418 e. The van der Waals surface area contributed by atoms with Gasteiger partial charge in [0.05, 0.1) is 5.56 Å². The van der Waals surface area contributed by atoms with Gasteiger partial charge in [-0.15, -0.1) is 0 Å². The lowest BCUT2D eigenvalue weighted by Gasteiger charge is -2.18. The largest absolute Gasteiger partial charge is 0.479 e. The van der Waals surface area contributed by atoms with Crippen molar-refractivity contribution in [3.8, 4) is 0 Å². The van der Waals surface area contributed by atoms with Gasteiger partial charge in [-0.25, -0.2) is 9.18 Å². The highest BCUT2D eigenvalue weighted by Crippen LogP contribution is 2.33. The third-order valence-electron chi connectivity index (χ3n) is 3.13. The van der Waals surface area contributed by atoms with Crippen molar-refractivity contribution in [2.75, 3.05) is 0 Å². The molecule has 0 aliphatic heterocycles. The Morgan fingerprint density at radius 1 is 1.29 bits per heavy atom. The standard InChI is InChI=1S/C14H7BrClF4NO3/c15-6-1-2-9(17)7(5-6)11(13(23)24)21-4-3-8(14(18,19)20)10(16)12(21)22/h1-5,11H,(H,23,24). The van der Waals surface area contributed by atoms with Crippen LogP contribution in [-0.2, 0) is 11.0 Å². The summed E-state index contributed by atoms with van der Waals surface area (Å²) in [7, 11) is 0. The number of halogens is 6. The summed E-state index contributed by atoms with van der Waals surface area (Å²) >= 11 is 8.48. The van der Waals surface area contributed by atoms with Gasteiger partial charge in [-0.1, -0.05) is 27.5 Å². The molecule has 1 aromatic carbocycles. The first-order valence-corrected chi connectivity index (χ1v) is 7.36. The molecular formula is C14H7BrClF4NO3. The van der Waals surface area contributed by atoms with Gasteiger partial charge in [-0.05, 0) is 24.3 Å². The first-order valence-electron chi connectivity index (χ1n) is 6.19. The van der Waals surface area contributed by atoms with Gasteiger partial charge >= 0.3 is 12.1 Å². The Hall–Kier alpha value is -1.87. The van der Waals surface area contributed by atoms with Gasteiger partial charge in [0.1, 0.15) is 10.8 Å². The van der Waals surface area contributed by atoms with Crippen LogP contribution in [0.3, 0.4) is 0 Å². The predicted molar refractivity (Wildman–Crippen MR) is 80.6 cm³/mol. The fourth-order valence-electron chi connectivity index (χ4n) is 2.07. The van der Waals surface area contributed by atoms with Crippen LogP contribution < -0.4 is 5.56 Å². The van der Waals surface area contributed by atoms with Crippen LogP contribution in [-0.4, -0.2) is 15.6 Å². The molecule has 0 amide bonds. The van der Waals surface area contributed by atoms with E-state index in [0.29, 0.717) is 21.3 Å². The van der Waals surface area contributed by atoms with E-state index in [4.69, 9.17) is 11.6 Å². The molecule has 1 aromatic heterocycles. The summed E-state index contributed by atoms with van der Waals surface area (Å²) in [4.78, 5) is 23.6. The SMILES string of the molecule is O=C(O)C(c1cc(Br)ccc1F)n1ccc(C(F)(F)F)c(Cl)c1=O. The number of nitrogens with zero attached hydrogens (tertiary/aromatic N) is 1. The number of carbonyl (C=O) groups is 1. The summed E-state index contributed by atoms with van der Waals surface area (Å²) in [6.45, 7) is 0. The quantitative estimate of drug-likeness (QED) is 0.749. The molecule has 0 saturated heterocycles. The molecule has 1 N–H and O–H groups in total. The molecule has 2 rings (SSSR count). The molecule has 0 bridgehead atoms. The normalized spacial score (nSPS) is 12.9. The Morgan fingerprint density at radius 3 is 2.46 bits per heavy atom. The van der Waals surface area contributed by atoms with E-state index in [1.165, 1.54) is 6.07 Å². The molecule has 0 radical (unpaired) electrons. The van der Waals surface area contributed by atoms with Gasteiger partial charge in [0.15, 0.2) is 6.04 Å². The number of pyridine rings is 1. The second-order valence-electron chi connectivity index (χ2n) is 4.66. The molecule has 0 aliphatic rings. The minimum Gasteiger partial charge on any atom is -0.479 e. The van der Waals surface area contributed by atoms with Crippen molar-refractivity contribution < 1.29 is 27.5 Å². The van der Waals surface area contributed by atoms with E-state index in [-0.39, 0.29) is 0 Å². The Balaban J connectivity index is 2.71. The highest BCUT2D eigenvalue weighted by Gasteiger charge is 2.36. The van der Waals surface area contributed by atoms with E-state index in [0.717, 1.165) is 12.1 Å². The van der Waals surface area contributed by atoms with Gasteiger partial charge in [-0.3, -0.25) is 9.36 Å². The Kier molecular flexibility index (Phi) is 5.05. The number of carboxylic acids is 1. The number of carboxylic acid groups (broad SMARTS) is 1. The third-order valence-corrected chi connectivity index (χ3v) is 3.99. The second kappa shape index (κ2) is 6.56. The fourth-order valence-corrected chi connectivity index (χ4v) is 2.72. The monoisotopic (exact) mass is 427 g/mol. The maximum Gasteiger partial charge on any atom is 0.418 e. The molecule has 1 unspecified atom stereocenters. The summed E-state index contributed by atoms with van der Waals surface area (Å²) in [5.74, 6) is -2.57. The zero-order valence-electron chi connectivity index (χ0n) is 11.4. The zero-order valence-corrected chi connectivity index (χ0v) is 13.8. The number of hydrogen-bond acceptors (Lipinski definition) is 2. The first kappa shape index (κ1) is 18.5. The van der Waals surface area contributed by atoms with Crippen molar-refractivity contribution in [3.05, 3.63) is 67.3 Å². The average Bonchev–Trinajstić information content (AvgIpc) is 2.45. The number of hydrogen-bond donors (Lipinski definition) is 1. The van der Waals surface area contributed by atoms with E-state index in [1.54, 1.807) is 0 Å². The van der Waals surface area contributed by atoms with Gasteiger partial charge in [0, 0.05) is 16.2 Å². The van der Waals surface area contributed by atoms with Crippen LogP contribution in [0.5, 0.6) is 0 Å². The predicted octanol–water partition coefficient (Wildman–Crippen LogP) is 4.10. The van der Waals surface area contributed by atoms with E-state index in [2.05, 4.69) is 15.9 Å². The average molecular weight is 429 g/mol. The number of alkyl halides is 3. The second-order valence-corrected chi connectivity index (χ2v) is 5.95. The summed E-state index contributed by atoms with van der Waals surface area (Å²) in [5, 5.41) is 8.14. The van der Waals surface area contributed by atoms with Gasteiger partial charge in [0.2, 0.25) is 0 Å². The highest BCUT2D eigenvalue weighted by atomic mass is 79.9. The van der Waals surface area contributed by atoms with Gasteiger partial charge in [-0.2, -0.15) is 13.2 Å².